The quantitative estimate of drug-likeness (QED) is 0.835. The van der Waals surface area contributed by atoms with Gasteiger partial charge in [0.2, 0.25) is 5.91 Å². The van der Waals surface area contributed by atoms with E-state index in [0.29, 0.717) is 35.4 Å². The maximum absolute atomic E-state index is 12.0. The highest BCUT2D eigenvalue weighted by molar-refractivity contribution is 6.32. The van der Waals surface area contributed by atoms with Crippen molar-refractivity contribution in [1.82, 2.24) is 0 Å². The molecule has 124 valence electrons. The molecule has 0 saturated heterocycles. The number of amides is 1. The summed E-state index contributed by atoms with van der Waals surface area (Å²) in [5.41, 5.74) is 2.09. The SMILES string of the molecule is O=C(/C=C/c1cc(Cl)c2c(c1)OCCO2)Nc1cccc(CO)c1. The minimum Gasteiger partial charge on any atom is -0.486 e. The van der Waals surface area contributed by atoms with Gasteiger partial charge in [0.1, 0.15) is 13.2 Å². The zero-order valence-corrected chi connectivity index (χ0v) is 13.5. The van der Waals surface area contributed by atoms with Crippen LogP contribution in [0.5, 0.6) is 11.5 Å². The summed E-state index contributed by atoms with van der Waals surface area (Å²) in [6.45, 7) is 0.866. The second-order valence-electron chi connectivity index (χ2n) is 5.21. The summed E-state index contributed by atoms with van der Waals surface area (Å²) in [7, 11) is 0. The number of carbonyl (C=O) groups excluding carboxylic acids is 1. The Kier molecular flexibility index (Phi) is 5.03. The summed E-state index contributed by atoms with van der Waals surface area (Å²) < 4.78 is 11.0. The highest BCUT2D eigenvalue weighted by atomic mass is 35.5. The summed E-state index contributed by atoms with van der Waals surface area (Å²) in [6, 6.07) is 10.5. The van der Waals surface area contributed by atoms with Gasteiger partial charge in [0, 0.05) is 11.8 Å². The van der Waals surface area contributed by atoms with Crippen LogP contribution in [0.1, 0.15) is 11.1 Å². The molecule has 0 atom stereocenters. The molecule has 0 bridgehead atoms. The lowest BCUT2D eigenvalue weighted by Gasteiger charge is -2.19. The standard InChI is InChI=1S/C18H16ClNO4/c19-15-9-12(10-16-18(15)24-7-6-23-16)4-5-17(22)20-14-3-1-2-13(8-14)11-21/h1-5,8-10,21H,6-7,11H2,(H,20,22)/b5-4+. The molecule has 2 aromatic carbocycles. The lowest BCUT2D eigenvalue weighted by molar-refractivity contribution is -0.111. The molecule has 0 aromatic heterocycles. The number of nitrogens with one attached hydrogen (secondary N) is 1. The molecule has 2 aromatic rings. The second-order valence-corrected chi connectivity index (χ2v) is 5.62. The Bertz CT molecular complexity index is 789. The van der Waals surface area contributed by atoms with E-state index in [4.69, 9.17) is 26.2 Å². The van der Waals surface area contributed by atoms with Gasteiger partial charge in [-0.05, 0) is 41.5 Å². The highest BCUT2D eigenvalue weighted by Gasteiger charge is 2.15. The van der Waals surface area contributed by atoms with Crippen LogP contribution in [0, 0.1) is 0 Å². The fourth-order valence-electron chi connectivity index (χ4n) is 2.33. The van der Waals surface area contributed by atoms with Gasteiger partial charge >= 0.3 is 0 Å². The molecule has 6 heteroatoms. The molecule has 0 fully saturated rings. The van der Waals surface area contributed by atoms with Crippen molar-refractivity contribution in [3.8, 4) is 11.5 Å². The van der Waals surface area contributed by atoms with E-state index in [0.717, 1.165) is 11.1 Å². The molecule has 5 nitrogen and oxygen atoms in total. The van der Waals surface area contributed by atoms with Crippen molar-refractivity contribution in [1.29, 1.82) is 0 Å². The molecule has 0 unspecified atom stereocenters. The maximum Gasteiger partial charge on any atom is 0.248 e. The molecule has 1 amide bonds. The first-order valence-corrected chi connectivity index (χ1v) is 7.81. The molecule has 0 radical (unpaired) electrons. The van der Waals surface area contributed by atoms with E-state index in [-0.39, 0.29) is 12.5 Å². The largest absolute Gasteiger partial charge is 0.486 e. The van der Waals surface area contributed by atoms with Crippen molar-refractivity contribution in [2.75, 3.05) is 18.5 Å². The minimum atomic E-state index is -0.281. The monoisotopic (exact) mass is 345 g/mol. The Morgan fingerprint density at radius 3 is 2.92 bits per heavy atom. The fraction of sp³-hybridized carbons (Fsp3) is 0.167. The van der Waals surface area contributed by atoms with Crippen molar-refractivity contribution in [2.24, 2.45) is 0 Å². The van der Waals surface area contributed by atoms with E-state index >= 15 is 0 Å². The molecule has 0 aliphatic carbocycles. The van der Waals surface area contributed by atoms with Crippen molar-refractivity contribution < 1.29 is 19.4 Å². The normalized spacial score (nSPS) is 13.1. The Balaban J connectivity index is 1.71. The van der Waals surface area contributed by atoms with Gasteiger partial charge in [0.25, 0.3) is 0 Å². The average molecular weight is 346 g/mol. The second kappa shape index (κ2) is 7.38. The molecule has 0 saturated carbocycles. The van der Waals surface area contributed by atoms with Gasteiger partial charge in [-0.2, -0.15) is 0 Å². The van der Waals surface area contributed by atoms with Crippen LogP contribution in [-0.4, -0.2) is 24.2 Å². The summed E-state index contributed by atoms with van der Waals surface area (Å²) in [5.74, 6) is 0.825. The van der Waals surface area contributed by atoms with Crippen molar-refractivity contribution in [3.05, 3.63) is 58.6 Å². The predicted octanol–water partition coefficient (Wildman–Crippen LogP) is 3.26. The molecule has 24 heavy (non-hydrogen) atoms. The number of anilines is 1. The van der Waals surface area contributed by atoms with Crippen LogP contribution in [0.3, 0.4) is 0 Å². The van der Waals surface area contributed by atoms with E-state index in [1.54, 1.807) is 42.5 Å². The van der Waals surface area contributed by atoms with Gasteiger partial charge in [-0.25, -0.2) is 0 Å². The van der Waals surface area contributed by atoms with E-state index in [1.165, 1.54) is 6.08 Å². The number of halogens is 1. The number of carbonyl (C=O) groups is 1. The predicted molar refractivity (Wildman–Crippen MR) is 92.5 cm³/mol. The van der Waals surface area contributed by atoms with E-state index in [2.05, 4.69) is 5.32 Å². The third kappa shape index (κ3) is 3.88. The van der Waals surface area contributed by atoms with Crippen LogP contribution >= 0.6 is 11.6 Å². The maximum atomic E-state index is 12.0. The summed E-state index contributed by atoms with van der Waals surface area (Å²) in [6.07, 6.45) is 3.06. The van der Waals surface area contributed by atoms with Crippen molar-refractivity contribution in [3.63, 3.8) is 0 Å². The van der Waals surface area contributed by atoms with Gasteiger partial charge in [-0.15, -0.1) is 0 Å². The minimum absolute atomic E-state index is 0.0742. The first kappa shape index (κ1) is 16.4. The number of hydrogen-bond donors (Lipinski definition) is 2. The molecule has 1 aliphatic heterocycles. The topological polar surface area (TPSA) is 67.8 Å². The Hall–Kier alpha value is -2.50. The molecule has 3 rings (SSSR count). The van der Waals surface area contributed by atoms with Crippen molar-refractivity contribution in [2.45, 2.75) is 6.61 Å². The Morgan fingerprint density at radius 2 is 2.08 bits per heavy atom. The Morgan fingerprint density at radius 1 is 1.25 bits per heavy atom. The molecule has 1 heterocycles. The fourth-order valence-corrected chi connectivity index (χ4v) is 2.60. The zero-order chi connectivity index (χ0) is 16.9. The third-order valence-electron chi connectivity index (χ3n) is 3.42. The van der Waals surface area contributed by atoms with Gasteiger partial charge in [0.05, 0.1) is 11.6 Å². The van der Waals surface area contributed by atoms with Crippen molar-refractivity contribution >= 4 is 29.3 Å². The molecule has 1 aliphatic rings. The van der Waals surface area contributed by atoms with Crippen LogP contribution in [-0.2, 0) is 11.4 Å². The lowest BCUT2D eigenvalue weighted by atomic mass is 10.1. The van der Waals surface area contributed by atoms with E-state index in [1.807, 2.05) is 0 Å². The number of benzene rings is 2. The molecular formula is C18H16ClNO4. The smallest absolute Gasteiger partial charge is 0.248 e. The van der Waals surface area contributed by atoms with Crippen LogP contribution in [0.25, 0.3) is 6.08 Å². The van der Waals surface area contributed by atoms with Gasteiger partial charge in [0.15, 0.2) is 11.5 Å². The number of fused-ring (bicyclic) bond motifs is 1. The van der Waals surface area contributed by atoms with E-state index in [9.17, 15) is 4.79 Å². The zero-order valence-electron chi connectivity index (χ0n) is 12.8. The van der Waals surface area contributed by atoms with Crippen LogP contribution in [0.15, 0.2) is 42.5 Å². The summed E-state index contributed by atoms with van der Waals surface area (Å²) >= 11 is 6.16. The molecule has 2 N–H and O–H groups in total. The van der Waals surface area contributed by atoms with Crippen LogP contribution in [0.2, 0.25) is 5.02 Å². The number of rotatable bonds is 4. The lowest BCUT2D eigenvalue weighted by Crippen LogP contribution is -2.15. The first-order chi connectivity index (χ1) is 11.7. The van der Waals surface area contributed by atoms with Crippen LogP contribution in [0.4, 0.5) is 5.69 Å². The van der Waals surface area contributed by atoms with Gasteiger partial charge in [-0.1, -0.05) is 23.7 Å². The number of aliphatic hydroxyl groups excluding tert-OH is 1. The third-order valence-corrected chi connectivity index (χ3v) is 3.70. The number of hydrogen-bond acceptors (Lipinski definition) is 4. The molecule has 0 spiro atoms. The number of aliphatic hydroxyl groups is 1. The highest BCUT2D eigenvalue weighted by Crippen LogP contribution is 2.38. The average Bonchev–Trinajstić information content (AvgIpc) is 2.60. The summed E-state index contributed by atoms with van der Waals surface area (Å²) in [4.78, 5) is 12.0. The van der Waals surface area contributed by atoms with E-state index < -0.39 is 0 Å². The van der Waals surface area contributed by atoms with Gasteiger partial charge in [-0.3, -0.25) is 4.79 Å². The molecular weight excluding hydrogens is 330 g/mol. The summed E-state index contributed by atoms with van der Waals surface area (Å²) in [5, 5.41) is 12.3. The Labute approximate surface area is 144 Å². The number of ether oxygens (including phenoxy) is 2. The van der Waals surface area contributed by atoms with Crippen LogP contribution < -0.4 is 14.8 Å². The van der Waals surface area contributed by atoms with Gasteiger partial charge < -0.3 is 19.9 Å². The first-order valence-electron chi connectivity index (χ1n) is 7.44.